The Morgan fingerprint density at radius 3 is 2.57 bits per heavy atom. The summed E-state index contributed by atoms with van der Waals surface area (Å²) >= 11 is 6.15. The van der Waals surface area contributed by atoms with Crippen LogP contribution >= 0.6 is 11.6 Å². The summed E-state index contributed by atoms with van der Waals surface area (Å²) in [6, 6.07) is 18.3. The molecule has 0 atom stereocenters. The summed E-state index contributed by atoms with van der Waals surface area (Å²) in [4.78, 5) is 29.4. The first kappa shape index (κ1) is 19.8. The van der Waals surface area contributed by atoms with E-state index in [0.717, 1.165) is 5.56 Å². The number of benzene rings is 3. The third-order valence-corrected chi connectivity index (χ3v) is 4.94. The van der Waals surface area contributed by atoms with Crippen molar-refractivity contribution < 1.29 is 9.18 Å². The second-order valence-electron chi connectivity index (χ2n) is 6.88. The molecule has 1 aromatic heterocycles. The molecule has 0 saturated carbocycles. The molecule has 7 heteroatoms. The van der Waals surface area contributed by atoms with Crippen LogP contribution in [0.15, 0.2) is 71.5 Å². The Labute approximate surface area is 176 Å². The third-order valence-electron chi connectivity index (χ3n) is 4.71. The summed E-state index contributed by atoms with van der Waals surface area (Å²) in [6.45, 7) is 1.71. The van der Waals surface area contributed by atoms with Crippen LogP contribution in [0.4, 0.5) is 10.1 Å². The number of hydrogen-bond acceptors (Lipinski definition) is 3. The SMILES string of the molecule is Cc1ccc(NC(=O)Cn2c(=O)nc(-c3ccccc3F)c3cc(Cl)ccc32)cc1. The van der Waals surface area contributed by atoms with Gasteiger partial charge in [-0.3, -0.25) is 9.36 Å². The lowest BCUT2D eigenvalue weighted by Gasteiger charge is -2.14. The molecular weight excluding hydrogens is 405 g/mol. The molecule has 4 rings (SSSR count). The maximum absolute atomic E-state index is 14.4. The van der Waals surface area contributed by atoms with E-state index in [0.29, 0.717) is 21.6 Å². The number of fused-ring (bicyclic) bond motifs is 1. The van der Waals surface area contributed by atoms with Crippen LogP contribution in [-0.4, -0.2) is 15.5 Å². The Morgan fingerprint density at radius 2 is 1.83 bits per heavy atom. The molecule has 0 bridgehead atoms. The lowest BCUT2D eigenvalue weighted by atomic mass is 10.1. The van der Waals surface area contributed by atoms with E-state index in [9.17, 15) is 14.0 Å². The van der Waals surface area contributed by atoms with Gasteiger partial charge in [0.2, 0.25) is 5.91 Å². The number of nitrogens with one attached hydrogen (secondary N) is 1. The number of amides is 1. The van der Waals surface area contributed by atoms with Crippen molar-refractivity contribution in [3.8, 4) is 11.3 Å². The Hall–Kier alpha value is -3.51. The number of carbonyl (C=O) groups excluding carboxylic acids is 1. The van der Waals surface area contributed by atoms with Gasteiger partial charge in [0, 0.05) is 21.7 Å². The standard InChI is InChI=1S/C23H17ClFN3O2/c1-14-6-9-16(10-7-14)26-21(29)13-28-20-11-8-15(24)12-18(20)22(27-23(28)30)17-4-2-3-5-19(17)25/h2-12H,13H2,1H3,(H,26,29). The minimum atomic E-state index is -0.651. The molecule has 1 heterocycles. The van der Waals surface area contributed by atoms with Gasteiger partial charge in [0.05, 0.1) is 11.2 Å². The minimum Gasteiger partial charge on any atom is -0.325 e. The van der Waals surface area contributed by atoms with Gasteiger partial charge in [0.15, 0.2) is 0 Å². The second kappa shape index (κ2) is 8.08. The number of aromatic nitrogens is 2. The zero-order valence-corrected chi connectivity index (χ0v) is 16.8. The van der Waals surface area contributed by atoms with Gasteiger partial charge in [-0.1, -0.05) is 41.4 Å². The Bertz CT molecular complexity index is 1320. The number of halogens is 2. The maximum Gasteiger partial charge on any atom is 0.349 e. The first-order chi connectivity index (χ1) is 14.4. The average molecular weight is 422 g/mol. The molecule has 1 N–H and O–H groups in total. The number of rotatable bonds is 4. The van der Waals surface area contributed by atoms with Crippen LogP contribution < -0.4 is 11.0 Å². The number of nitrogens with zero attached hydrogens (tertiary/aromatic N) is 2. The quantitative estimate of drug-likeness (QED) is 0.514. The molecule has 5 nitrogen and oxygen atoms in total. The molecule has 0 aliphatic carbocycles. The van der Waals surface area contributed by atoms with Crippen molar-refractivity contribution in [2.45, 2.75) is 13.5 Å². The van der Waals surface area contributed by atoms with Crippen molar-refractivity contribution in [1.82, 2.24) is 9.55 Å². The average Bonchev–Trinajstić information content (AvgIpc) is 2.72. The van der Waals surface area contributed by atoms with E-state index in [1.807, 2.05) is 19.1 Å². The summed E-state index contributed by atoms with van der Waals surface area (Å²) in [7, 11) is 0. The predicted molar refractivity (Wildman–Crippen MR) is 116 cm³/mol. The van der Waals surface area contributed by atoms with Crippen molar-refractivity contribution >= 4 is 34.1 Å². The molecule has 0 aliphatic rings. The fourth-order valence-corrected chi connectivity index (χ4v) is 3.42. The first-order valence-corrected chi connectivity index (χ1v) is 9.62. The van der Waals surface area contributed by atoms with Gasteiger partial charge >= 0.3 is 5.69 Å². The number of carbonyl (C=O) groups is 1. The first-order valence-electron chi connectivity index (χ1n) is 9.24. The maximum atomic E-state index is 14.4. The number of anilines is 1. The molecule has 0 saturated heterocycles. The highest BCUT2D eigenvalue weighted by atomic mass is 35.5. The zero-order valence-electron chi connectivity index (χ0n) is 16.0. The van der Waals surface area contributed by atoms with E-state index in [1.165, 1.54) is 10.6 Å². The number of aryl methyl sites for hydroxylation is 1. The van der Waals surface area contributed by atoms with Crippen LogP contribution in [0.25, 0.3) is 22.2 Å². The normalized spacial score (nSPS) is 10.9. The predicted octanol–water partition coefficient (Wildman–Crippen LogP) is 4.80. The molecule has 4 aromatic rings. The van der Waals surface area contributed by atoms with Gasteiger partial charge < -0.3 is 5.32 Å². The highest BCUT2D eigenvalue weighted by Gasteiger charge is 2.17. The Morgan fingerprint density at radius 1 is 1.10 bits per heavy atom. The van der Waals surface area contributed by atoms with E-state index < -0.39 is 11.5 Å². The highest BCUT2D eigenvalue weighted by molar-refractivity contribution is 6.31. The van der Waals surface area contributed by atoms with Gasteiger partial charge in [-0.05, 0) is 49.4 Å². The van der Waals surface area contributed by atoms with Crippen LogP contribution in [-0.2, 0) is 11.3 Å². The zero-order chi connectivity index (χ0) is 21.3. The van der Waals surface area contributed by atoms with E-state index in [4.69, 9.17) is 11.6 Å². The molecule has 150 valence electrons. The van der Waals surface area contributed by atoms with Crippen LogP contribution in [0, 0.1) is 12.7 Å². The summed E-state index contributed by atoms with van der Waals surface area (Å²) in [6.07, 6.45) is 0. The topological polar surface area (TPSA) is 64.0 Å². The second-order valence-corrected chi connectivity index (χ2v) is 7.32. The molecule has 0 radical (unpaired) electrons. The summed E-state index contributed by atoms with van der Waals surface area (Å²) in [5, 5.41) is 3.66. The van der Waals surface area contributed by atoms with Crippen molar-refractivity contribution in [3.63, 3.8) is 0 Å². The van der Waals surface area contributed by atoms with E-state index in [-0.39, 0.29) is 23.7 Å². The van der Waals surface area contributed by atoms with Crippen molar-refractivity contribution in [1.29, 1.82) is 0 Å². The molecule has 30 heavy (non-hydrogen) atoms. The van der Waals surface area contributed by atoms with Crippen LogP contribution in [0.3, 0.4) is 0 Å². The van der Waals surface area contributed by atoms with Crippen LogP contribution in [0.5, 0.6) is 0 Å². The lowest BCUT2D eigenvalue weighted by molar-refractivity contribution is -0.116. The van der Waals surface area contributed by atoms with Gasteiger partial charge in [0.25, 0.3) is 0 Å². The molecule has 3 aromatic carbocycles. The van der Waals surface area contributed by atoms with E-state index in [2.05, 4.69) is 10.3 Å². The van der Waals surface area contributed by atoms with Crippen LogP contribution in [0.1, 0.15) is 5.56 Å². The van der Waals surface area contributed by atoms with Gasteiger partial charge in [-0.25, -0.2) is 9.18 Å². The van der Waals surface area contributed by atoms with Gasteiger partial charge in [-0.15, -0.1) is 0 Å². The summed E-state index contributed by atoms with van der Waals surface area (Å²) in [5.41, 5.74) is 1.87. The van der Waals surface area contributed by atoms with Gasteiger partial charge in [0.1, 0.15) is 12.4 Å². The van der Waals surface area contributed by atoms with Crippen LogP contribution in [0.2, 0.25) is 5.02 Å². The smallest absolute Gasteiger partial charge is 0.325 e. The van der Waals surface area contributed by atoms with E-state index >= 15 is 0 Å². The Balaban J connectivity index is 1.78. The summed E-state index contributed by atoms with van der Waals surface area (Å²) in [5.74, 6) is -0.877. The monoisotopic (exact) mass is 421 g/mol. The molecular formula is C23H17ClFN3O2. The Kier molecular flexibility index (Phi) is 5.33. The van der Waals surface area contributed by atoms with Crippen molar-refractivity contribution in [3.05, 3.63) is 93.6 Å². The molecule has 1 amide bonds. The highest BCUT2D eigenvalue weighted by Crippen LogP contribution is 2.29. The fourth-order valence-electron chi connectivity index (χ4n) is 3.24. The van der Waals surface area contributed by atoms with Crippen molar-refractivity contribution in [2.24, 2.45) is 0 Å². The number of hydrogen-bond donors (Lipinski definition) is 1. The minimum absolute atomic E-state index is 0.186. The molecule has 0 unspecified atom stereocenters. The third kappa shape index (κ3) is 3.95. The lowest BCUT2D eigenvalue weighted by Crippen LogP contribution is -2.30. The summed E-state index contributed by atoms with van der Waals surface area (Å²) < 4.78 is 15.6. The van der Waals surface area contributed by atoms with Gasteiger partial charge in [-0.2, -0.15) is 4.98 Å². The molecule has 0 aliphatic heterocycles. The fraction of sp³-hybridized carbons (Fsp3) is 0.0870. The van der Waals surface area contributed by atoms with Crippen molar-refractivity contribution in [2.75, 3.05) is 5.32 Å². The molecule has 0 fully saturated rings. The largest absolute Gasteiger partial charge is 0.349 e. The van der Waals surface area contributed by atoms with E-state index in [1.54, 1.807) is 48.5 Å². The molecule has 0 spiro atoms.